The number of fused-ring (bicyclic) bond motifs is 6. The molecule has 7 aromatic carbocycles. The molecular formula is C48H34N2SSi. The van der Waals surface area contributed by atoms with Gasteiger partial charge < -0.3 is 0 Å². The number of rotatable bonds is 5. The van der Waals surface area contributed by atoms with Crippen molar-refractivity contribution in [1.82, 2.24) is 9.97 Å². The van der Waals surface area contributed by atoms with Crippen LogP contribution in [-0.2, 0) is 0 Å². The third-order valence-electron chi connectivity index (χ3n) is 10.7. The van der Waals surface area contributed by atoms with Crippen molar-refractivity contribution in [3.05, 3.63) is 170 Å². The van der Waals surface area contributed by atoms with Gasteiger partial charge in [-0.1, -0.05) is 159 Å². The third-order valence-corrected chi connectivity index (χ3v) is 15.4. The molecule has 1 aliphatic rings. The Morgan fingerprint density at radius 1 is 0.423 bits per heavy atom. The molecule has 9 aromatic rings. The van der Waals surface area contributed by atoms with Gasteiger partial charge in [-0.05, 0) is 73.6 Å². The molecular weight excluding hydrogens is 665 g/mol. The lowest BCUT2D eigenvalue weighted by Gasteiger charge is -2.22. The predicted octanol–water partition coefficient (Wildman–Crippen LogP) is 12.0. The SMILES string of the molecule is C[Si]1(C)c2ccccc2-c2nc(-c3cccc(-c4ccccc4)c3)nc(-c3cccc(-c4cccc(-c5cccc6c5sc5ccccc56)c4)c3)c21. The highest BCUT2D eigenvalue weighted by atomic mass is 32.1. The van der Waals surface area contributed by atoms with Crippen molar-refractivity contribution in [2.24, 2.45) is 0 Å². The van der Waals surface area contributed by atoms with Crippen molar-refractivity contribution in [3.63, 3.8) is 0 Å². The molecule has 2 nitrogen and oxygen atoms in total. The topological polar surface area (TPSA) is 25.8 Å². The van der Waals surface area contributed by atoms with Gasteiger partial charge in [0.25, 0.3) is 0 Å². The van der Waals surface area contributed by atoms with Crippen LogP contribution in [0.1, 0.15) is 0 Å². The first-order valence-corrected chi connectivity index (χ1v) is 21.6. The van der Waals surface area contributed by atoms with Crippen molar-refractivity contribution >= 4 is 50.0 Å². The highest BCUT2D eigenvalue weighted by Gasteiger charge is 2.41. The van der Waals surface area contributed by atoms with Crippen LogP contribution in [-0.4, -0.2) is 18.0 Å². The van der Waals surface area contributed by atoms with E-state index in [4.69, 9.17) is 9.97 Å². The summed E-state index contributed by atoms with van der Waals surface area (Å²) in [5, 5.41) is 5.39. The van der Waals surface area contributed by atoms with Crippen LogP contribution in [0.3, 0.4) is 0 Å². The summed E-state index contributed by atoms with van der Waals surface area (Å²) in [6.45, 7) is 4.89. The molecule has 0 N–H and O–H groups in total. The molecule has 0 saturated carbocycles. The van der Waals surface area contributed by atoms with Gasteiger partial charge in [-0.25, -0.2) is 9.97 Å². The first-order chi connectivity index (χ1) is 25.5. The monoisotopic (exact) mass is 698 g/mol. The molecule has 0 fully saturated rings. The Labute approximate surface area is 308 Å². The van der Waals surface area contributed by atoms with E-state index in [0.717, 1.165) is 33.9 Å². The molecule has 2 aromatic heterocycles. The smallest absolute Gasteiger partial charge is 0.160 e. The van der Waals surface area contributed by atoms with Crippen molar-refractivity contribution in [3.8, 4) is 67.3 Å². The van der Waals surface area contributed by atoms with Crippen LogP contribution in [0.15, 0.2) is 170 Å². The Kier molecular flexibility index (Phi) is 7.17. The van der Waals surface area contributed by atoms with E-state index in [2.05, 4.69) is 183 Å². The number of hydrogen-bond donors (Lipinski definition) is 0. The van der Waals surface area contributed by atoms with E-state index in [1.165, 1.54) is 63.9 Å². The molecule has 0 saturated heterocycles. The van der Waals surface area contributed by atoms with Gasteiger partial charge in [-0.2, -0.15) is 0 Å². The zero-order valence-electron chi connectivity index (χ0n) is 29.0. The van der Waals surface area contributed by atoms with Crippen LogP contribution in [0.2, 0.25) is 13.1 Å². The molecule has 0 aliphatic carbocycles. The minimum Gasteiger partial charge on any atom is -0.228 e. The summed E-state index contributed by atoms with van der Waals surface area (Å²) in [4.78, 5) is 10.9. The van der Waals surface area contributed by atoms with Gasteiger partial charge in [-0.3, -0.25) is 0 Å². The Morgan fingerprint density at radius 3 is 1.79 bits per heavy atom. The normalized spacial score (nSPS) is 13.0. The first kappa shape index (κ1) is 30.8. The highest BCUT2D eigenvalue weighted by molar-refractivity contribution is 7.26. The Bertz CT molecular complexity index is 2830. The number of aromatic nitrogens is 2. The van der Waals surface area contributed by atoms with Crippen LogP contribution in [0, 0.1) is 0 Å². The predicted molar refractivity (Wildman–Crippen MR) is 224 cm³/mol. The molecule has 4 heteroatoms. The molecule has 52 heavy (non-hydrogen) atoms. The average Bonchev–Trinajstić information content (AvgIpc) is 3.70. The van der Waals surface area contributed by atoms with Crippen molar-refractivity contribution in [2.45, 2.75) is 13.1 Å². The third kappa shape index (κ3) is 4.98. The first-order valence-electron chi connectivity index (χ1n) is 17.8. The summed E-state index contributed by atoms with van der Waals surface area (Å²) in [5.41, 5.74) is 12.7. The number of benzene rings is 7. The lowest BCUT2D eigenvalue weighted by molar-refractivity contribution is 1.20. The lowest BCUT2D eigenvalue weighted by Crippen LogP contribution is -2.50. The molecule has 0 unspecified atom stereocenters. The summed E-state index contributed by atoms with van der Waals surface area (Å²) in [7, 11) is -2.11. The molecule has 10 rings (SSSR count). The van der Waals surface area contributed by atoms with Crippen molar-refractivity contribution < 1.29 is 0 Å². The maximum atomic E-state index is 5.48. The number of hydrogen-bond acceptors (Lipinski definition) is 3. The van der Waals surface area contributed by atoms with Crippen LogP contribution in [0.5, 0.6) is 0 Å². The molecule has 0 bridgehead atoms. The van der Waals surface area contributed by atoms with Gasteiger partial charge in [0, 0.05) is 31.3 Å². The van der Waals surface area contributed by atoms with E-state index in [1.807, 2.05) is 11.3 Å². The second-order valence-corrected chi connectivity index (χ2v) is 19.5. The van der Waals surface area contributed by atoms with E-state index < -0.39 is 8.07 Å². The fourth-order valence-corrected chi connectivity index (χ4v) is 12.6. The number of nitrogens with zero attached hydrogens (tertiary/aromatic N) is 2. The van der Waals surface area contributed by atoms with Gasteiger partial charge >= 0.3 is 0 Å². The molecule has 3 heterocycles. The fraction of sp³-hybridized carbons (Fsp3) is 0.0417. The zero-order chi connectivity index (χ0) is 34.8. The van der Waals surface area contributed by atoms with Gasteiger partial charge in [0.05, 0.1) is 11.4 Å². The molecule has 0 atom stereocenters. The molecule has 0 amide bonds. The Hall–Kier alpha value is -5.94. The fourth-order valence-electron chi connectivity index (χ4n) is 8.11. The summed E-state index contributed by atoms with van der Waals surface area (Å²) < 4.78 is 2.66. The minimum atomic E-state index is -2.11. The second-order valence-electron chi connectivity index (χ2n) is 14.2. The summed E-state index contributed by atoms with van der Waals surface area (Å²) in [5.74, 6) is 0.761. The Balaban J connectivity index is 1.12. The van der Waals surface area contributed by atoms with Crippen LogP contribution in [0.4, 0.5) is 0 Å². The number of thiophene rings is 1. The van der Waals surface area contributed by atoms with E-state index in [1.54, 1.807) is 0 Å². The van der Waals surface area contributed by atoms with E-state index in [0.29, 0.717) is 0 Å². The van der Waals surface area contributed by atoms with Crippen LogP contribution in [0.25, 0.3) is 87.5 Å². The van der Waals surface area contributed by atoms with Gasteiger partial charge in [0.1, 0.15) is 8.07 Å². The minimum absolute atomic E-state index is 0.761. The summed E-state index contributed by atoms with van der Waals surface area (Å²) >= 11 is 1.88. The van der Waals surface area contributed by atoms with Crippen molar-refractivity contribution in [2.75, 3.05) is 0 Å². The Morgan fingerprint density at radius 2 is 0.962 bits per heavy atom. The zero-order valence-corrected chi connectivity index (χ0v) is 30.8. The molecule has 1 aliphatic heterocycles. The highest BCUT2D eigenvalue weighted by Crippen LogP contribution is 2.41. The molecule has 246 valence electrons. The van der Waals surface area contributed by atoms with E-state index in [-0.39, 0.29) is 0 Å². The van der Waals surface area contributed by atoms with Gasteiger partial charge in [0.15, 0.2) is 5.82 Å². The second kappa shape index (κ2) is 12.1. The van der Waals surface area contributed by atoms with E-state index >= 15 is 0 Å². The summed E-state index contributed by atoms with van der Waals surface area (Å²) in [6.07, 6.45) is 0. The largest absolute Gasteiger partial charge is 0.228 e. The maximum Gasteiger partial charge on any atom is 0.160 e. The van der Waals surface area contributed by atoms with E-state index in [9.17, 15) is 0 Å². The van der Waals surface area contributed by atoms with Crippen molar-refractivity contribution in [1.29, 1.82) is 0 Å². The van der Waals surface area contributed by atoms with Crippen LogP contribution >= 0.6 is 11.3 Å². The summed E-state index contributed by atoms with van der Waals surface area (Å²) in [6, 6.07) is 61.5. The maximum absolute atomic E-state index is 5.48. The van der Waals surface area contributed by atoms with Gasteiger partial charge in [-0.15, -0.1) is 11.3 Å². The van der Waals surface area contributed by atoms with Crippen LogP contribution < -0.4 is 10.4 Å². The lowest BCUT2D eigenvalue weighted by atomic mass is 9.96. The average molecular weight is 699 g/mol. The van der Waals surface area contributed by atoms with Gasteiger partial charge in [0.2, 0.25) is 0 Å². The standard InChI is InChI=1S/C48H34N2SSi/c1-52(2)43-27-9-7-23-41(43)45-47(52)44(49-48(50-45)37-21-12-16-32(30-37)31-14-4-3-5-15-31)36-20-11-18-34(29-36)33-17-10-19-35(28-33)38-24-13-25-40-39-22-6-8-26-42(39)51-46(38)40/h3-30H,1-2H3. The molecule has 0 radical (unpaired) electrons. The molecule has 0 spiro atoms. The quantitative estimate of drug-likeness (QED) is 0.167.